The van der Waals surface area contributed by atoms with E-state index in [9.17, 15) is 4.79 Å². The van der Waals surface area contributed by atoms with E-state index in [1.165, 1.54) is 16.4 Å². The fourth-order valence-corrected chi connectivity index (χ4v) is 3.70. The van der Waals surface area contributed by atoms with Gasteiger partial charge in [-0.1, -0.05) is 42.1 Å². The summed E-state index contributed by atoms with van der Waals surface area (Å²) in [7, 11) is 1.59. The zero-order valence-corrected chi connectivity index (χ0v) is 16.9. The number of hydrogen-bond donors (Lipinski definition) is 1. The van der Waals surface area contributed by atoms with E-state index in [1.807, 2.05) is 68.4 Å². The molecule has 2 aromatic carbocycles. The van der Waals surface area contributed by atoms with Gasteiger partial charge in [-0.15, -0.1) is 10.2 Å². The van der Waals surface area contributed by atoms with Crippen LogP contribution in [0.1, 0.15) is 13.8 Å². The third-order valence-corrected chi connectivity index (χ3v) is 5.34. The minimum absolute atomic E-state index is 0.0134. The number of nitrogens with two attached hydrogens (primary N) is 1. The van der Waals surface area contributed by atoms with Crippen molar-refractivity contribution in [3.63, 3.8) is 0 Å². The Balaban J connectivity index is 1.80. The molecule has 8 heteroatoms. The minimum Gasteiger partial charge on any atom is -0.496 e. The molecular weight excluding hydrogens is 374 g/mol. The number of thioether (sulfide) groups is 1. The number of anilines is 1. The standard InChI is InChI=1S/C20H23N5O2S/c1-4-24(15-10-6-5-7-11-15)19(26)14(2)28-20-23-22-18(25(20)21)16-12-8-9-13-17(16)27-3/h5-14H,4,21H2,1-3H3. The molecular formula is C20H23N5O2S. The van der Waals surface area contributed by atoms with Crippen molar-refractivity contribution in [3.05, 3.63) is 54.6 Å². The van der Waals surface area contributed by atoms with Gasteiger partial charge in [0.2, 0.25) is 11.1 Å². The Labute approximate surface area is 168 Å². The van der Waals surface area contributed by atoms with E-state index in [-0.39, 0.29) is 11.2 Å². The Morgan fingerprint density at radius 2 is 1.86 bits per heavy atom. The molecule has 146 valence electrons. The van der Waals surface area contributed by atoms with Gasteiger partial charge in [-0.3, -0.25) is 4.79 Å². The smallest absolute Gasteiger partial charge is 0.240 e. The predicted molar refractivity (Wildman–Crippen MR) is 112 cm³/mol. The summed E-state index contributed by atoms with van der Waals surface area (Å²) in [6, 6.07) is 17.1. The first-order valence-corrected chi connectivity index (χ1v) is 9.81. The highest BCUT2D eigenvalue weighted by Crippen LogP contribution is 2.31. The molecule has 1 atom stereocenters. The van der Waals surface area contributed by atoms with Crippen LogP contribution in [0.3, 0.4) is 0 Å². The van der Waals surface area contributed by atoms with Gasteiger partial charge in [0.05, 0.1) is 17.9 Å². The number of hydrogen-bond acceptors (Lipinski definition) is 6. The van der Waals surface area contributed by atoms with Crippen molar-refractivity contribution < 1.29 is 9.53 Å². The fraction of sp³-hybridized carbons (Fsp3) is 0.250. The summed E-state index contributed by atoms with van der Waals surface area (Å²) in [5.74, 6) is 7.34. The first kappa shape index (κ1) is 19.8. The maximum Gasteiger partial charge on any atom is 0.240 e. The van der Waals surface area contributed by atoms with Crippen molar-refractivity contribution in [2.24, 2.45) is 0 Å². The molecule has 0 saturated carbocycles. The van der Waals surface area contributed by atoms with Crippen LogP contribution in [0.4, 0.5) is 5.69 Å². The second-order valence-electron chi connectivity index (χ2n) is 6.05. The van der Waals surface area contributed by atoms with Gasteiger partial charge < -0.3 is 15.5 Å². The zero-order valence-electron chi connectivity index (χ0n) is 16.1. The van der Waals surface area contributed by atoms with Gasteiger partial charge in [-0.05, 0) is 38.1 Å². The van der Waals surface area contributed by atoms with E-state index in [0.29, 0.717) is 23.3 Å². The average Bonchev–Trinajstić information content (AvgIpc) is 3.09. The van der Waals surface area contributed by atoms with Gasteiger partial charge in [-0.25, -0.2) is 4.68 Å². The molecule has 1 heterocycles. The molecule has 1 amide bonds. The average molecular weight is 398 g/mol. The van der Waals surface area contributed by atoms with Crippen molar-refractivity contribution in [2.75, 3.05) is 24.4 Å². The Kier molecular flexibility index (Phi) is 6.20. The van der Waals surface area contributed by atoms with E-state index in [2.05, 4.69) is 10.2 Å². The summed E-state index contributed by atoms with van der Waals surface area (Å²) in [4.78, 5) is 14.7. The number of nitrogen functional groups attached to an aromatic ring is 1. The van der Waals surface area contributed by atoms with Gasteiger partial charge in [0, 0.05) is 12.2 Å². The number of benzene rings is 2. The van der Waals surface area contributed by atoms with Gasteiger partial charge in [0.25, 0.3) is 0 Å². The van der Waals surface area contributed by atoms with Crippen LogP contribution < -0.4 is 15.5 Å². The highest BCUT2D eigenvalue weighted by Gasteiger charge is 2.25. The third kappa shape index (κ3) is 3.96. The fourth-order valence-electron chi connectivity index (χ4n) is 2.87. The molecule has 0 bridgehead atoms. The molecule has 0 aliphatic heterocycles. The molecule has 0 fully saturated rings. The van der Waals surface area contributed by atoms with Gasteiger partial charge in [-0.2, -0.15) is 0 Å². The van der Waals surface area contributed by atoms with Crippen LogP contribution in [0.5, 0.6) is 5.75 Å². The maximum absolute atomic E-state index is 13.0. The van der Waals surface area contributed by atoms with Crippen molar-refractivity contribution in [3.8, 4) is 17.1 Å². The summed E-state index contributed by atoms with van der Waals surface area (Å²) in [5.41, 5.74) is 1.61. The number of para-hydroxylation sites is 2. The number of methoxy groups -OCH3 is 1. The highest BCUT2D eigenvalue weighted by atomic mass is 32.2. The summed E-state index contributed by atoms with van der Waals surface area (Å²) in [5, 5.41) is 8.45. The number of aromatic nitrogens is 3. The molecule has 3 rings (SSSR count). The largest absolute Gasteiger partial charge is 0.496 e. The number of carbonyl (C=O) groups is 1. The van der Waals surface area contributed by atoms with Crippen LogP contribution in [0, 0.1) is 0 Å². The quantitative estimate of drug-likeness (QED) is 0.487. The molecule has 3 aromatic rings. The van der Waals surface area contributed by atoms with E-state index >= 15 is 0 Å². The number of carbonyl (C=O) groups excluding carboxylic acids is 1. The minimum atomic E-state index is -0.378. The first-order chi connectivity index (χ1) is 13.6. The number of ether oxygens (including phenoxy) is 1. The highest BCUT2D eigenvalue weighted by molar-refractivity contribution is 8.00. The third-order valence-electron chi connectivity index (χ3n) is 4.29. The molecule has 0 saturated heterocycles. The Morgan fingerprint density at radius 3 is 2.54 bits per heavy atom. The molecule has 0 spiro atoms. The van der Waals surface area contributed by atoms with E-state index in [0.717, 1.165) is 11.3 Å². The van der Waals surface area contributed by atoms with Crippen LogP contribution in [-0.4, -0.2) is 39.7 Å². The number of nitrogens with zero attached hydrogens (tertiary/aromatic N) is 4. The SMILES string of the molecule is CCN(C(=O)C(C)Sc1nnc(-c2ccccc2OC)n1N)c1ccccc1. The topological polar surface area (TPSA) is 86.3 Å². The molecule has 7 nitrogen and oxygen atoms in total. The second-order valence-corrected chi connectivity index (χ2v) is 7.36. The summed E-state index contributed by atoms with van der Waals surface area (Å²) >= 11 is 1.28. The normalized spacial score (nSPS) is 11.8. The molecule has 0 aliphatic rings. The van der Waals surface area contributed by atoms with Crippen LogP contribution in [0.2, 0.25) is 0 Å². The predicted octanol–water partition coefficient (Wildman–Crippen LogP) is 3.20. The second kappa shape index (κ2) is 8.79. The molecule has 0 radical (unpaired) electrons. The summed E-state index contributed by atoms with van der Waals surface area (Å²) in [6.07, 6.45) is 0. The van der Waals surface area contributed by atoms with Crippen LogP contribution in [0.15, 0.2) is 59.8 Å². The van der Waals surface area contributed by atoms with Crippen LogP contribution in [0.25, 0.3) is 11.4 Å². The molecule has 1 unspecified atom stereocenters. The Morgan fingerprint density at radius 1 is 1.18 bits per heavy atom. The summed E-state index contributed by atoms with van der Waals surface area (Å²) < 4.78 is 6.77. The van der Waals surface area contributed by atoms with Crippen molar-refractivity contribution >= 4 is 23.4 Å². The van der Waals surface area contributed by atoms with Gasteiger partial charge >= 0.3 is 0 Å². The number of rotatable bonds is 7. The zero-order chi connectivity index (χ0) is 20.1. The molecule has 2 N–H and O–H groups in total. The lowest BCUT2D eigenvalue weighted by molar-refractivity contribution is -0.117. The Bertz CT molecular complexity index is 945. The lowest BCUT2D eigenvalue weighted by atomic mass is 10.2. The lowest BCUT2D eigenvalue weighted by Crippen LogP contribution is -2.36. The molecule has 28 heavy (non-hydrogen) atoms. The molecule has 1 aromatic heterocycles. The van der Waals surface area contributed by atoms with Crippen LogP contribution in [-0.2, 0) is 4.79 Å². The van der Waals surface area contributed by atoms with Crippen molar-refractivity contribution in [1.82, 2.24) is 14.9 Å². The van der Waals surface area contributed by atoms with Crippen LogP contribution >= 0.6 is 11.8 Å². The van der Waals surface area contributed by atoms with Crippen molar-refractivity contribution in [1.29, 1.82) is 0 Å². The van der Waals surface area contributed by atoms with Gasteiger partial charge in [0.1, 0.15) is 5.75 Å². The maximum atomic E-state index is 13.0. The Hall–Kier alpha value is -3.00. The van der Waals surface area contributed by atoms with E-state index in [4.69, 9.17) is 10.6 Å². The van der Waals surface area contributed by atoms with E-state index in [1.54, 1.807) is 12.0 Å². The molecule has 0 aliphatic carbocycles. The van der Waals surface area contributed by atoms with Crippen molar-refractivity contribution in [2.45, 2.75) is 24.3 Å². The summed E-state index contributed by atoms with van der Waals surface area (Å²) in [6.45, 7) is 4.37. The lowest BCUT2D eigenvalue weighted by Gasteiger charge is -2.24. The number of amides is 1. The van der Waals surface area contributed by atoms with E-state index < -0.39 is 0 Å². The first-order valence-electron chi connectivity index (χ1n) is 8.93. The van der Waals surface area contributed by atoms with Gasteiger partial charge in [0.15, 0.2) is 5.82 Å². The monoisotopic (exact) mass is 397 g/mol.